The maximum atomic E-state index is 11.9. The molecule has 0 radical (unpaired) electrons. The summed E-state index contributed by atoms with van der Waals surface area (Å²) < 4.78 is 26.5. The van der Waals surface area contributed by atoms with Gasteiger partial charge in [0.25, 0.3) is 0 Å². The molecule has 8 heteroatoms. The van der Waals surface area contributed by atoms with Crippen molar-refractivity contribution in [2.24, 2.45) is 0 Å². The van der Waals surface area contributed by atoms with Crippen LogP contribution in [0, 0.1) is 0 Å². The number of nitrogens with one attached hydrogen (secondary N) is 2. The van der Waals surface area contributed by atoms with Crippen LogP contribution in [0.4, 0.5) is 0 Å². The molecule has 1 amide bonds. The number of sulfonamides is 1. The lowest BCUT2D eigenvalue weighted by atomic mass is 10.3. The number of carbonyl (C=O) groups is 1. The van der Waals surface area contributed by atoms with Gasteiger partial charge in [0, 0.05) is 23.9 Å². The number of rotatable bonds is 4. The molecule has 1 aromatic heterocycles. The van der Waals surface area contributed by atoms with Crippen molar-refractivity contribution < 1.29 is 13.2 Å². The third-order valence-electron chi connectivity index (χ3n) is 1.96. The SMILES string of the molecule is CNC(=O)C(C)NS(=O)(=O)c1cncc(Br)c1. The molecule has 0 fully saturated rings. The van der Waals surface area contributed by atoms with Crippen LogP contribution < -0.4 is 10.0 Å². The van der Waals surface area contributed by atoms with E-state index in [4.69, 9.17) is 0 Å². The molecule has 1 aromatic rings. The maximum Gasteiger partial charge on any atom is 0.242 e. The molecule has 0 spiro atoms. The van der Waals surface area contributed by atoms with E-state index in [2.05, 4.69) is 31.0 Å². The minimum absolute atomic E-state index is 0.00243. The first-order valence-corrected chi connectivity index (χ1v) is 6.99. The Bertz CT molecular complexity index is 518. The molecule has 17 heavy (non-hydrogen) atoms. The van der Waals surface area contributed by atoms with E-state index in [1.807, 2.05) is 0 Å². The maximum absolute atomic E-state index is 11.9. The molecule has 0 aromatic carbocycles. The molecule has 1 heterocycles. The zero-order valence-electron chi connectivity index (χ0n) is 9.27. The zero-order valence-corrected chi connectivity index (χ0v) is 11.7. The second kappa shape index (κ2) is 5.56. The highest BCUT2D eigenvalue weighted by molar-refractivity contribution is 9.10. The lowest BCUT2D eigenvalue weighted by molar-refractivity contribution is -0.121. The van der Waals surface area contributed by atoms with Gasteiger partial charge in [-0.15, -0.1) is 0 Å². The van der Waals surface area contributed by atoms with Crippen molar-refractivity contribution in [3.63, 3.8) is 0 Å². The molecular formula is C9H12BrN3O3S. The Kier molecular flexibility index (Phi) is 4.61. The van der Waals surface area contributed by atoms with E-state index in [1.54, 1.807) is 0 Å². The van der Waals surface area contributed by atoms with Crippen LogP contribution >= 0.6 is 15.9 Å². The molecular weight excluding hydrogens is 310 g/mol. The Hall–Kier alpha value is -0.990. The fraction of sp³-hybridized carbons (Fsp3) is 0.333. The zero-order chi connectivity index (χ0) is 13.1. The fourth-order valence-corrected chi connectivity index (χ4v) is 2.82. The van der Waals surface area contributed by atoms with Gasteiger partial charge in [-0.05, 0) is 28.9 Å². The van der Waals surface area contributed by atoms with Crippen LogP contribution in [0.15, 0.2) is 27.8 Å². The number of aromatic nitrogens is 1. The van der Waals surface area contributed by atoms with Gasteiger partial charge >= 0.3 is 0 Å². The van der Waals surface area contributed by atoms with E-state index >= 15 is 0 Å². The number of hydrogen-bond donors (Lipinski definition) is 2. The summed E-state index contributed by atoms with van der Waals surface area (Å²) in [6.07, 6.45) is 2.69. The fourth-order valence-electron chi connectivity index (χ4n) is 1.11. The quantitative estimate of drug-likeness (QED) is 0.832. The summed E-state index contributed by atoms with van der Waals surface area (Å²) in [5, 5.41) is 2.36. The average Bonchev–Trinajstić information content (AvgIpc) is 2.27. The van der Waals surface area contributed by atoms with Gasteiger partial charge in [-0.25, -0.2) is 8.42 Å². The van der Waals surface area contributed by atoms with Crippen LogP contribution in [-0.4, -0.2) is 32.4 Å². The number of likely N-dealkylation sites (N-methyl/N-ethyl adjacent to an activating group) is 1. The standard InChI is InChI=1S/C9H12BrN3O3S/c1-6(9(14)11-2)13-17(15,16)8-3-7(10)4-12-5-8/h3-6,13H,1-2H3,(H,11,14). The first-order chi connectivity index (χ1) is 7.86. The highest BCUT2D eigenvalue weighted by atomic mass is 79.9. The number of carbonyl (C=O) groups excluding carboxylic acids is 1. The van der Waals surface area contributed by atoms with Gasteiger partial charge in [0.05, 0.1) is 6.04 Å². The second-order valence-corrected chi connectivity index (χ2v) is 5.93. The van der Waals surface area contributed by atoms with Crippen LogP contribution in [0.2, 0.25) is 0 Å². The molecule has 0 aliphatic rings. The summed E-state index contributed by atoms with van der Waals surface area (Å²) in [4.78, 5) is 15.0. The van der Waals surface area contributed by atoms with Crippen molar-refractivity contribution in [2.45, 2.75) is 17.9 Å². The third kappa shape index (κ3) is 3.76. The van der Waals surface area contributed by atoms with Crippen LogP contribution in [-0.2, 0) is 14.8 Å². The Labute approximate surface area is 108 Å². The van der Waals surface area contributed by atoms with E-state index < -0.39 is 22.0 Å². The number of nitrogens with zero attached hydrogens (tertiary/aromatic N) is 1. The molecule has 6 nitrogen and oxygen atoms in total. The monoisotopic (exact) mass is 321 g/mol. The van der Waals surface area contributed by atoms with E-state index in [9.17, 15) is 13.2 Å². The average molecular weight is 322 g/mol. The lowest BCUT2D eigenvalue weighted by Crippen LogP contribution is -2.43. The molecule has 0 saturated heterocycles. The van der Waals surface area contributed by atoms with Gasteiger partial charge in [-0.2, -0.15) is 4.72 Å². The van der Waals surface area contributed by atoms with Gasteiger partial charge in [0.1, 0.15) is 4.90 Å². The van der Waals surface area contributed by atoms with Crippen LogP contribution in [0.5, 0.6) is 0 Å². The van der Waals surface area contributed by atoms with Crippen molar-refractivity contribution in [1.29, 1.82) is 0 Å². The summed E-state index contributed by atoms with van der Waals surface area (Å²) >= 11 is 3.13. The smallest absolute Gasteiger partial charge is 0.242 e. The third-order valence-corrected chi connectivity index (χ3v) is 3.90. The van der Waals surface area contributed by atoms with Crippen molar-refractivity contribution >= 4 is 31.9 Å². The second-order valence-electron chi connectivity index (χ2n) is 3.30. The molecule has 1 rings (SSSR count). The molecule has 0 saturated carbocycles. The normalized spacial score (nSPS) is 13.1. The minimum Gasteiger partial charge on any atom is -0.358 e. The molecule has 94 valence electrons. The molecule has 0 bridgehead atoms. The Morgan fingerprint density at radius 3 is 2.65 bits per heavy atom. The topological polar surface area (TPSA) is 88.2 Å². The van der Waals surface area contributed by atoms with Gasteiger partial charge in [0.2, 0.25) is 15.9 Å². The van der Waals surface area contributed by atoms with Crippen LogP contribution in [0.3, 0.4) is 0 Å². The highest BCUT2D eigenvalue weighted by Gasteiger charge is 2.21. The molecule has 0 aliphatic heterocycles. The lowest BCUT2D eigenvalue weighted by Gasteiger charge is -2.12. The van der Waals surface area contributed by atoms with Crippen molar-refractivity contribution in [3.05, 3.63) is 22.9 Å². The van der Waals surface area contributed by atoms with Gasteiger partial charge in [0.15, 0.2) is 0 Å². The summed E-state index contributed by atoms with van der Waals surface area (Å²) in [6.45, 7) is 1.46. The van der Waals surface area contributed by atoms with Gasteiger partial charge < -0.3 is 5.32 Å². The summed E-state index contributed by atoms with van der Waals surface area (Å²) in [5.74, 6) is -0.406. The van der Waals surface area contributed by atoms with Crippen molar-refractivity contribution in [3.8, 4) is 0 Å². The first-order valence-electron chi connectivity index (χ1n) is 4.71. The van der Waals surface area contributed by atoms with Crippen LogP contribution in [0.25, 0.3) is 0 Å². The van der Waals surface area contributed by atoms with E-state index in [1.165, 1.54) is 32.4 Å². The number of hydrogen-bond acceptors (Lipinski definition) is 4. The van der Waals surface area contributed by atoms with Crippen molar-refractivity contribution in [2.75, 3.05) is 7.05 Å². The number of pyridine rings is 1. The molecule has 2 N–H and O–H groups in total. The Morgan fingerprint density at radius 1 is 1.47 bits per heavy atom. The predicted octanol–water partition coefficient (Wildman–Crippen LogP) is 0.257. The van der Waals surface area contributed by atoms with Gasteiger partial charge in [-0.1, -0.05) is 0 Å². The Morgan fingerprint density at radius 2 is 2.12 bits per heavy atom. The van der Waals surface area contributed by atoms with E-state index in [0.717, 1.165) is 0 Å². The van der Waals surface area contributed by atoms with Crippen LogP contribution in [0.1, 0.15) is 6.92 Å². The summed E-state index contributed by atoms with van der Waals surface area (Å²) in [7, 11) is -2.30. The van der Waals surface area contributed by atoms with Crippen molar-refractivity contribution in [1.82, 2.24) is 15.0 Å². The summed E-state index contributed by atoms with van der Waals surface area (Å²) in [5.41, 5.74) is 0. The molecule has 1 unspecified atom stereocenters. The predicted molar refractivity (Wildman–Crippen MR) is 65.8 cm³/mol. The molecule has 1 atom stereocenters. The van der Waals surface area contributed by atoms with E-state index in [-0.39, 0.29) is 4.90 Å². The van der Waals surface area contributed by atoms with Gasteiger partial charge in [-0.3, -0.25) is 9.78 Å². The number of halogens is 1. The number of amides is 1. The first kappa shape index (κ1) is 14.1. The Balaban J connectivity index is 2.93. The minimum atomic E-state index is -3.74. The molecule has 0 aliphatic carbocycles. The largest absolute Gasteiger partial charge is 0.358 e. The van der Waals surface area contributed by atoms with E-state index in [0.29, 0.717) is 4.47 Å². The summed E-state index contributed by atoms with van der Waals surface area (Å²) in [6, 6.07) is 0.565. The highest BCUT2D eigenvalue weighted by Crippen LogP contribution is 2.14.